The lowest BCUT2D eigenvalue weighted by Crippen LogP contribution is -2.58. The van der Waals surface area contributed by atoms with Crippen molar-refractivity contribution in [2.24, 2.45) is 0 Å². The summed E-state index contributed by atoms with van der Waals surface area (Å²) in [5, 5.41) is 17.8. The van der Waals surface area contributed by atoms with E-state index in [1.165, 1.54) is 31.6 Å². The van der Waals surface area contributed by atoms with Gasteiger partial charge in [-0.15, -0.1) is 11.8 Å². The van der Waals surface area contributed by atoms with Crippen LogP contribution >= 0.6 is 11.8 Å². The van der Waals surface area contributed by atoms with Crippen LogP contribution in [0.2, 0.25) is 0 Å². The van der Waals surface area contributed by atoms with Crippen molar-refractivity contribution in [2.75, 3.05) is 25.2 Å². The fourth-order valence-corrected chi connectivity index (χ4v) is 8.94. The Morgan fingerprint density at radius 3 is 2.19 bits per heavy atom. The van der Waals surface area contributed by atoms with Gasteiger partial charge in [-0.2, -0.15) is 0 Å². The number of methoxy groups -OCH3 is 1. The molecule has 0 aliphatic heterocycles. The number of halogens is 2. The predicted molar refractivity (Wildman–Crippen MR) is 197 cm³/mol. The quantitative estimate of drug-likeness (QED) is 0.111. The van der Waals surface area contributed by atoms with Crippen LogP contribution in [0.15, 0.2) is 73.1 Å². The fourth-order valence-electron chi connectivity index (χ4n) is 5.64. The molecule has 0 saturated carbocycles. The summed E-state index contributed by atoms with van der Waals surface area (Å²) in [7, 11) is -2.48. The first-order valence-corrected chi connectivity index (χ1v) is 19.9. The summed E-state index contributed by atoms with van der Waals surface area (Å²) in [6.45, 7) is 4.07. The first-order valence-electron chi connectivity index (χ1n) is 17.2. The summed E-state index contributed by atoms with van der Waals surface area (Å²) < 4.78 is 61.2. The van der Waals surface area contributed by atoms with Gasteiger partial charge in [-0.25, -0.2) is 17.2 Å². The normalized spacial score (nSPS) is 13.9. The van der Waals surface area contributed by atoms with E-state index in [2.05, 4.69) is 20.9 Å². The summed E-state index contributed by atoms with van der Waals surface area (Å²) in [6, 6.07) is 11.7. The van der Waals surface area contributed by atoms with Gasteiger partial charge in [0.25, 0.3) is 5.91 Å². The highest BCUT2D eigenvalue weighted by atomic mass is 32.2. The van der Waals surface area contributed by atoms with Crippen molar-refractivity contribution in [1.29, 1.82) is 0 Å². The molecule has 0 bridgehead atoms. The van der Waals surface area contributed by atoms with E-state index < -0.39 is 73.6 Å². The van der Waals surface area contributed by atoms with E-state index in [4.69, 9.17) is 4.74 Å². The summed E-state index contributed by atoms with van der Waals surface area (Å²) in [6.07, 6.45) is 2.57. The summed E-state index contributed by atoms with van der Waals surface area (Å²) >= 11 is 1.05. The number of ether oxygens (including phenoxy) is 1. The van der Waals surface area contributed by atoms with Gasteiger partial charge in [0.2, 0.25) is 11.8 Å². The van der Waals surface area contributed by atoms with E-state index in [0.29, 0.717) is 31.7 Å². The Labute approximate surface area is 308 Å². The van der Waals surface area contributed by atoms with Crippen LogP contribution in [0.3, 0.4) is 0 Å². The number of aromatic nitrogens is 1. The molecule has 1 heterocycles. The minimum absolute atomic E-state index is 0.0571. The third kappa shape index (κ3) is 13.6. The lowest BCUT2D eigenvalue weighted by Gasteiger charge is -2.31. The molecule has 0 saturated heterocycles. The van der Waals surface area contributed by atoms with Crippen molar-refractivity contribution in [1.82, 2.24) is 20.9 Å². The maximum Gasteiger partial charge on any atom is 0.253 e. The molecule has 4 N–H and O–H groups in total. The van der Waals surface area contributed by atoms with Crippen LogP contribution in [0.4, 0.5) is 8.78 Å². The van der Waals surface area contributed by atoms with Crippen LogP contribution in [0.1, 0.15) is 61.0 Å². The molecule has 4 atom stereocenters. The van der Waals surface area contributed by atoms with Crippen molar-refractivity contribution in [3.8, 4) is 0 Å². The van der Waals surface area contributed by atoms with Gasteiger partial charge in [-0.3, -0.25) is 19.4 Å². The molecule has 3 amide bonds. The molecule has 0 radical (unpaired) electrons. The van der Waals surface area contributed by atoms with E-state index >= 15 is 0 Å². The Balaban J connectivity index is 2.01. The molecule has 1 aromatic heterocycles. The Morgan fingerprint density at radius 1 is 0.923 bits per heavy atom. The van der Waals surface area contributed by atoms with Crippen LogP contribution in [0.25, 0.3) is 0 Å². The zero-order valence-electron chi connectivity index (χ0n) is 29.6. The average Bonchev–Trinajstić information content (AvgIpc) is 3.11. The Kier molecular flexibility index (Phi) is 17.6. The molecule has 11 nitrogen and oxygen atoms in total. The third-order valence-corrected chi connectivity index (χ3v) is 11.8. The number of rotatable bonds is 22. The van der Waals surface area contributed by atoms with Gasteiger partial charge >= 0.3 is 0 Å². The number of pyridine rings is 1. The van der Waals surface area contributed by atoms with Gasteiger partial charge in [0.15, 0.2) is 9.84 Å². The van der Waals surface area contributed by atoms with Gasteiger partial charge in [0.1, 0.15) is 22.9 Å². The second kappa shape index (κ2) is 21.6. The van der Waals surface area contributed by atoms with Crippen LogP contribution in [-0.2, 0) is 37.1 Å². The molecule has 52 heavy (non-hydrogen) atoms. The van der Waals surface area contributed by atoms with Crippen molar-refractivity contribution in [2.45, 2.75) is 81.2 Å². The smallest absolute Gasteiger partial charge is 0.253 e. The number of carbonyl (C=O) groups excluding carboxylic acids is 3. The zero-order valence-corrected chi connectivity index (χ0v) is 31.2. The average molecular weight is 763 g/mol. The van der Waals surface area contributed by atoms with Crippen LogP contribution in [-0.4, -0.2) is 90.1 Å². The number of hydrogen-bond donors (Lipinski definition) is 4. The number of nitrogens with one attached hydrogen (secondary N) is 3. The zero-order chi connectivity index (χ0) is 38.1. The fraction of sp³-hybridized carbons (Fsp3) is 0.459. The summed E-state index contributed by atoms with van der Waals surface area (Å²) in [5.74, 6) is -4.59. The molecular formula is C37H48F2N4O7S2. The highest BCUT2D eigenvalue weighted by molar-refractivity contribution is 8.00. The monoisotopic (exact) mass is 762 g/mol. The maximum absolute atomic E-state index is 14.3. The molecule has 2 aromatic carbocycles. The topological polar surface area (TPSA) is 164 Å². The Morgan fingerprint density at radius 2 is 1.60 bits per heavy atom. The standard InChI is InChI=1S/C37H48F2N4O7S2/c1-4-10-30(11-5-2)52(48,49)24-32(43-35(45)27-14-9-15-40-23-27)36(46)42-31(20-26-18-28(38)21-29(39)19-26)33(44)34(51-17-16-50-3)37(47)41-22-25-12-7-6-8-13-25/h6-9,12-15,18-19,21,23,30-34,44H,4-5,10-11,16-17,20,22,24H2,1-3H3,(H,41,47)(H,42,46)(H,43,45)/t31-,32?,33+,34+/m0/s1. The van der Waals surface area contributed by atoms with E-state index in [-0.39, 0.29) is 36.5 Å². The van der Waals surface area contributed by atoms with Crippen LogP contribution in [0, 0.1) is 11.6 Å². The van der Waals surface area contributed by atoms with E-state index in [1.807, 2.05) is 32.0 Å². The van der Waals surface area contributed by atoms with E-state index in [0.717, 1.165) is 29.5 Å². The molecule has 284 valence electrons. The third-order valence-electron chi connectivity index (χ3n) is 8.25. The van der Waals surface area contributed by atoms with Crippen molar-refractivity contribution < 1.29 is 41.4 Å². The number of nitrogens with zero attached hydrogens (tertiary/aromatic N) is 1. The number of amides is 3. The van der Waals surface area contributed by atoms with Gasteiger partial charge in [-0.1, -0.05) is 57.0 Å². The molecule has 0 fully saturated rings. The van der Waals surface area contributed by atoms with Crippen molar-refractivity contribution >= 4 is 39.3 Å². The highest BCUT2D eigenvalue weighted by Crippen LogP contribution is 2.22. The molecule has 3 rings (SSSR count). The second-order valence-corrected chi connectivity index (χ2v) is 15.9. The van der Waals surface area contributed by atoms with Crippen LogP contribution in [0.5, 0.6) is 0 Å². The lowest BCUT2D eigenvalue weighted by atomic mass is 9.97. The molecule has 0 aliphatic carbocycles. The number of thioether (sulfide) groups is 1. The molecule has 0 aliphatic rings. The Bertz CT molecular complexity index is 1660. The number of aliphatic hydroxyl groups is 1. The minimum Gasteiger partial charge on any atom is -0.389 e. The van der Waals surface area contributed by atoms with Gasteiger partial charge in [-0.05, 0) is 54.7 Å². The SMILES string of the molecule is CCCC(CCC)S(=O)(=O)CC(NC(=O)c1cccnc1)C(=O)N[C@@H](Cc1cc(F)cc(F)c1)[C@@H](O)[C@@H](SCCOC)C(=O)NCc1ccccc1. The molecular weight excluding hydrogens is 715 g/mol. The first kappa shape index (κ1) is 42.5. The molecule has 3 aromatic rings. The number of benzene rings is 2. The van der Waals surface area contributed by atoms with Gasteiger partial charge in [0.05, 0.1) is 35.3 Å². The first-order chi connectivity index (χ1) is 24.9. The predicted octanol–water partition coefficient (Wildman–Crippen LogP) is 3.99. The van der Waals surface area contributed by atoms with E-state index in [1.54, 1.807) is 12.1 Å². The molecule has 15 heteroatoms. The van der Waals surface area contributed by atoms with Crippen molar-refractivity contribution in [3.63, 3.8) is 0 Å². The number of aliphatic hydroxyl groups excluding tert-OH is 1. The van der Waals surface area contributed by atoms with Crippen LogP contribution < -0.4 is 16.0 Å². The molecule has 0 spiro atoms. The van der Waals surface area contributed by atoms with Gasteiger partial charge in [0, 0.05) is 37.9 Å². The highest BCUT2D eigenvalue weighted by Gasteiger charge is 2.38. The van der Waals surface area contributed by atoms with E-state index in [9.17, 15) is 36.7 Å². The summed E-state index contributed by atoms with van der Waals surface area (Å²) in [4.78, 5) is 44.9. The number of sulfone groups is 1. The minimum atomic E-state index is -3.96. The number of hydrogen-bond acceptors (Lipinski definition) is 9. The lowest BCUT2D eigenvalue weighted by molar-refractivity contribution is -0.126. The second-order valence-electron chi connectivity index (χ2n) is 12.4. The van der Waals surface area contributed by atoms with Crippen molar-refractivity contribution in [3.05, 3.63) is 101 Å². The molecule has 1 unspecified atom stereocenters. The number of carbonyl (C=O) groups is 3. The Hall–Kier alpha value is -3.92. The largest absolute Gasteiger partial charge is 0.389 e. The van der Waals surface area contributed by atoms with Gasteiger partial charge < -0.3 is 25.8 Å². The maximum atomic E-state index is 14.3. The summed E-state index contributed by atoms with van der Waals surface area (Å²) in [5.41, 5.74) is 0.929.